The fourth-order valence-corrected chi connectivity index (χ4v) is 1.94. The van der Waals surface area contributed by atoms with E-state index < -0.39 is 0 Å². The van der Waals surface area contributed by atoms with Gasteiger partial charge in [-0.25, -0.2) is 0 Å². The van der Waals surface area contributed by atoms with Crippen molar-refractivity contribution in [2.75, 3.05) is 26.7 Å². The second-order valence-corrected chi connectivity index (χ2v) is 4.06. The van der Waals surface area contributed by atoms with Gasteiger partial charge in [-0.15, -0.1) is 21.8 Å². The summed E-state index contributed by atoms with van der Waals surface area (Å²) in [6.45, 7) is 3.51. The Bertz CT molecular complexity index is 317. The van der Waals surface area contributed by atoms with E-state index in [1.165, 1.54) is 0 Å². The SMILES string of the molecule is CN1CCOC(Cn2cnnc2CCl)C1. The molecule has 2 heterocycles. The maximum Gasteiger partial charge on any atom is 0.147 e. The van der Waals surface area contributed by atoms with Crippen LogP contribution in [0.3, 0.4) is 0 Å². The van der Waals surface area contributed by atoms with Gasteiger partial charge in [-0.05, 0) is 7.05 Å². The molecule has 1 atom stereocenters. The summed E-state index contributed by atoms with van der Waals surface area (Å²) in [6, 6.07) is 0. The molecule has 1 unspecified atom stereocenters. The maximum atomic E-state index is 5.75. The predicted molar refractivity (Wildman–Crippen MR) is 56.8 cm³/mol. The third kappa shape index (κ3) is 2.68. The van der Waals surface area contributed by atoms with Crippen molar-refractivity contribution in [3.05, 3.63) is 12.2 Å². The Labute approximate surface area is 94.0 Å². The van der Waals surface area contributed by atoms with Crippen LogP contribution in [0.4, 0.5) is 0 Å². The molecule has 0 bridgehead atoms. The zero-order chi connectivity index (χ0) is 10.7. The van der Waals surface area contributed by atoms with Crippen molar-refractivity contribution < 1.29 is 4.74 Å². The summed E-state index contributed by atoms with van der Waals surface area (Å²) < 4.78 is 7.62. The van der Waals surface area contributed by atoms with Crippen LogP contribution in [0.15, 0.2) is 6.33 Å². The van der Waals surface area contributed by atoms with Gasteiger partial charge in [-0.2, -0.15) is 0 Å². The molecule has 1 fully saturated rings. The highest BCUT2D eigenvalue weighted by Crippen LogP contribution is 2.08. The van der Waals surface area contributed by atoms with Crippen LogP contribution >= 0.6 is 11.6 Å². The Morgan fingerprint density at radius 3 is 3.27 bits per heavy atom. The van der Waals surface area contributed by atoms with Gasteiger partial charge in [0.05, 0.1) is 25.1 Å². The highest BCUT2D eigenvalue weighted by molar-refractivity contribution is 6.16. The predicted octanol–water partition coefficient (Wildman–Crippen LogP) is 0.347. The lowest BCUT2D eigenvalue weighted by atomic mass is 10.3. The zero-order valence-corrected chi connectivity index (χ0v) is 9.52. The molecule has 1 aromatic rings. The summed E-state index contributed by atoms with van der Waals surface area (Å²) >= 11 is 5.75. The summed E-state index contributed by atoms with van der Waals surface area (Å²) in [6.07, 6.45) is 1.91. The van der Waals surface area contributed by atoms with E-state index in [0.717, 1.165) is 32.1 Å². The minimum atomic E-state index is 0.210. The van der Waals surface area contributed by atoms with Crippen LogP contribution in [-0.4, -0.2) is 52.5 Å². The standard InChI is InChI=1S/C9H15ClN4O/c1-13-2-3-15-8(5-13)6-14-7-11-12-9(14)4-10/h7-8H,2-6H2,1H3. The lowest BCUT2D eigenvalue weighted by molar-refractivity contribution is -0.0277. The summed E-state index contributed by atoms with van der Waals surface area (Å²) in [5.41, 5.74) is 0. The molecule has 1 saturated heterocycles. The molecule has 2 rings (SSSR count). The topological polar surface area (TPSA) is 43.2 Å². The Morgan fingerprint density at radius 1 is 1.67 bits per heavy atom. The lowest BCUT2D eigenvalue weighted by Gasteiger charge is -2.30. The van der Waals surface area contributed by atoms with Crippen molar-refractivity contribution in [3.8, 4) is 0 Å². The fraction of sp³-hybridized carbons (Fsp3) is 0.778. The molecule has 1 aromatic heterocycles. The number of morpholine rings is 1. The van der Waals surface area contributed by atoms with Crippen LogP contribution < -0.4 is 0 Å². The van der Waals surface area contributed by atoms with Gasteiger partial charge in [0.25, 0.3) is 0 Å². The lowest BCUT2D eigenvalue weighted by Crippen LogP contribution is -2.42. The number of nitrogens with zero attached hydrogens (tertiary/aromatic N) is 4. The highest BCUT2D eigenvalue weighted by atomic mass is 35.5. The van der Waals surface area contributed by atoms with Crippen molar-refractivity contribution in [2.24, 2.45) is 0 Å². The van der Waals surface area contributed by atoms with E-state index in [1.54, 1.807) is 6.33 Å². The van der Waals surface area contributed by atoms with Crippen molar-refractivity contribution >= 4 is 11.6 Å². The van der Waals surface area contributed by atoms with Gasteiger partial charge in [0.2, 0.25) is 0 Å². The Balaban J connectivity index is 1.96. The molecule has 1 aliphatic heterocycles. The molecule has 1 aliphatic rings. The van der Waals surface area contributed by atoms with E-state index in [0.29, 0.717) is 5.88 Å². The molecule has 5 nitrogen and oxygen atoms in total. The first kappa shape index (κ1) is 10.9. The number of likely N-dealkylation sites (N-methyl/N-ethyl adjacent to an activating group) is 1. The third-order valence-corrected chi connectivity index (χ3v) is 2.80. The van der Waals surface area contributed by atoms with Crippen molar-refractivity contribution in [1.29, 1.82) is 0 Å². The van der Waals surface area contributed by atoms with Gasteiger partial charge >= 0.3 is 0 Å². The smallest absolute Gasteiger partial charge is 0.147 e. The van der Waals surface area contributed by atoms with E-state index in [2.05, 4.69) is 22.1 Å². The van der Waals surface area contributed by atoms with E-state index in [-0.39, 0.29) is 6.10 Å². The molecule has 0 aromatic carbocycles. The van der Waals surface area contributed by atoms with Crippen LogP contribution in [0, 0.1) is 0 Å². The molecule has 15 heavy (non-hydrogen) atoms. The molecule has 0 aliphatic carbocycles. The number of alkyl halides is 1. The van der Waals surface area contributed by atoms with Crippen LogP contribution in [-0.2, 0) is 17.2 Å². The Kier molecular flexibility index (Phi) is 3.56. The number of rotatable bonds is 3. The van der Waals surface area contributed by atoms with Gasteiger partial charge in [-0.3, -0.25) is 0 Å². The molecule has 0 saturated carbocycles. The molecule has 6 heteroatoms. The quantitative estimate of drug-likeness (QED) is 0.703. The molecular weight excluding hydrogens is 216 g/mol. The van der Waals surface area contributed by atoms with Gasteiger partial charge in [0, 0.05) is 13.1 Å². The van der Waals surface area contributed by atoms with Crippen molar-refractivity contribution in [1.82, 2.24) is 19.7 Å². The summed E-state index contributed by atoms with van der Waals surface area (Å²) in [5, 5.41) is 7.77. The van der Waals surface area contributed by atoms with Crippen molar-refractivity contribution in [2.45, 2.75) is 18.5 Å². The van der Waals surface area contributed by atoms with Crippen LogP contribution in [0.25, 0.3) is 0 Å². The average molecular weight is 231 g/mol. The fourth-order valence-electron chi connectivity index (χ4n) is 1.73. The summed E-state index contributed by atoms with van der Waals surface area (Å²) in [5.74, 6) is 1.19. The number of halogens is 1. The minimum Gasteiger partial charge on any atom is -0.374 e. The second kappa shape index (κ2) is 4.92. The first-order chi connectivity index (χ1) is 7.29. The minimum absolute atomic E-state index is 0.210. The summed E-state index contributed by atoms with van der Waals surface area (Å²) in [7, 11) is 2.10. The second-order valence-electron chi connectivity index (χ2n) is 3.79. The number of ether oxygens (including phenoxy) is 1. The van der Waals surface area contributed by atoms with E-state index in [9.17, 15) is 0 Å². The molecule has 84 valence electrons. The average Bonchev–Trinajstić information content (AvgIpc) is 2.65. The van der Waals surface area contributed by atoms with Crippen LogP contribution in [0.5, 0.6) is 0 Å². The monoisotopic (exact) mass is 230 g/mol. The Hall–Kier alpha value is -0.650. The summed E-state index contributed by atoms with van der Waals surface area (Å²) in [4.78, 5) is 2.26. The van der Waals surface area contributed by atoms with Crippen LogP contribution in [0.1, 0.15) is 5.82 Å². The molecular formula is C9H15ClN4O. The first-order valence-electron chi connectivity index (χ1n) is 5.02. The van der Waals surface area contributed by atoms with Crippen LogP contribution in [0.2, 0.25) is 0 Å². The van der Waals surface area contributed by atoms with E-state index >= 15 is 0 Å². The van der Waals surface area contributed by atoms with Crippen molar-refractivity contribution in [3.63, 3.8) is 0 Å². The van der Waals surface area contributed by atoms with E-state index in [4.69, 9.17) is 16.3 Å². The number of hydrogen-bond acceptors (Lipinski definition) is 4. The highest BCUT2D eigenvalue weighted by Gasteiger charge is 2.19. The largest absolute Gasteiger partial charge is 0.374 e. The van der Waals surface area contributed by atoms with Gasteiger partial charge < -0.3 is 14.2 Å². The first-order valence-corrected chi connectivity index (χ1v) is 5.56. The molecule has 0 radical (unpaired) electrons. The van der Waals surface area contributed by atoms with Gasteiger partial charge in [0.15, 0.2) is 0 Å². The maximum absolute atomic E-state index is 5.75. The zero-order valence-electron chi connectivity index (χ0n) is 8.77. The van der Waals surface area contributed by atoms with Gasteiger partial charge in [0.1, 0.15) is 12.2 Å². The molecule has 0 spiro atoms. The Morgan fingerprint density at radius 2 is 2.53 bits per heavy atom. The molecule has 0 N–H and O–H groups in total. The van der Waals surface area contributed by atoms with E-state index in [1.807, 2.05) is 4.57 Å². The van der Waals surface area contributed by atoms with Gasteiger partial charge in [-0.1, -0.05) is 0 Å². The number of hydrogen-bond donors (Lipinski definition) is 0. The number of aromatic nitrogens is 3. The third-order valence-electron chi connectivity index (χ3n) is 2.56. The molecule has 0 amide bonds. The normalized spacial score (nSPS) is 23.2.